The Bertz CT molecular complexity index is 1010. The minimum Gasteiger partial charge on any atom is -0.462 e. The number of esters is 1. The van der Waals surface area contributed by atoms with E-state index in [1.165, 1.54) is 6.07 Å². The molecule has 0 saturated carbocycles. The number of nitrogens with one attached hydrogen (secondary N) is 1. The van der Waals surface area contributed by atoms with E-state index in [1.54, 1.807) is 49.4 Å². The van der Waals surface area contributed by atoms with Gasteiger partial charge in [-0.05, 0) is 55.3 Å². The lowest BCUT2D eigenvalue weighted by molar-refractivity contribution is -0.117. The molecule has 0 spiro atoms. The lowest BCUT2D eigenvalue weighted by Gasteiger charge is -2.30. The summed E-state index contributed by atoms with van der Waals surface area (Å²) in [6.07, 6.45) is 3.01. The van der Waals surface area contributed by atoms with Gasteiger partial charge in [0.15, 0.2) is 0 Å². The maximum atomic E-state index is 12.9. The van der Waals surface area contributed by atoms with Crippen molar-refractivity contribution in [2.45, 2.75) is 39.2 Å². The van der Waals surface area contributed by atoms with Gasteiger partial charge < -0.3 is 10.1 Å². The molecule has 0 bridgehead atoms. The van der Waals surface area contributed by atoms with Gasteiger partial charge in [-0.2, -0.15) is 0 Å². The number of nitrogens with zero attached hydrogens (tertiary/aromatic N) is 1. The Morgan fingerprint density at radius 1 is 1.13 bits per heavy atom. The van der Waals surface area contributed by atoms with Crippen molar-refractivity contribution in [3.63, 3.8) is 0 Å². The van der Waals surface area contributed by atoms with Gasteiger partial charge in [0.2, 0.25) is 15.9 Å². The van der Waals surface area contributed by atoms with Crippen molar-refractivity contribution in [2.24, 2.45) is 0 Å². The largest absolute Gasteiger partial charge is 0.462 e. The average Bonchev–Trinajstić information content (AvgIpc) is 2.71. The number of hydrogen-bond acceptors (Lipinski definition) is 5. The summed E-state index contributed by atoms with van der Waals surface area (Å²) in [6.45, 7) is 4.09. The highest BCUT2D eigenvalue weighted by Gasteiger charge is 2.31. The van der Waals surface area contributed by atoms with Crippen LogP contribution in [0.3, 0.4) is 0 Å². The zero-order valence-electron chi connectivity index (χ0n) is 17.8. The topological polar surface area (TPSA) is 92.8 Å². The molecule has 0 unspecified atom stereocenters. The number of benzene rings is 2. The summed E-state index contributed by atoms with van der Waals surface area (Å²) < 4.78 is 31.2. The summed E-state index contributed by atoms with van der Waals surface area (Å²) >= 11 is 6.02. The molecule has 0 heterocycles. The molecule has 0 aliphatic heterocycles. The van der Waals surface area contributed by atoms with Gasteiger partial charge in [0.25, 0.3) is 0 Å². The van der Waals surface area contributed by atoms with Crippen LogP contribution in [-0.4, -0.2) is 39.2 Å². The summed E-state index contributed by atoms with van der Waals surface area (Å²) in [6, 6.07) is 11.6. The number of sulfonamides is 1. The predicted molar refractivity (Wildman–Crippen MR) is 123 cm³/mol. The Balaban J connectivity index is 2.18. The van der Waals surface area contributed by atoms with E-state index in [4.69, 9.17) is 16.3 Å². The molecule has 0 aliphatic carbocycles. The first-order valence-electron chi connectivity index (χ1n) is 10.00. The molecule has 1 N–H and O–H groups in total. The molecular weight excluding hydrogens is 440 g/mol. The highest BCUT2D eigenvalue weighted by atomic mass is 35.5. The first-order chi connectivity index (χ1) is 14.7. The first kappa shape index (κ1) is 24.7. The van der Waals surface area contributed by atoms with Crippen molar-refractivity contribution in [2.75, 3.05) is 22.5 Å². The molecule has 2 rings (SSSR count). The Morgan fingerprint density at radius 3 is 2.35 bits per heavy atom. The number of amides is 1. The van der Waals surface area contributed by atoms with Gasteiger partial charge in [0.05, 0.1) is 24.1 Å². The molecular formula is C22H27ClN2O5S. The number of carbonyl (C=O) groups is 2. The molecule has 31 heavy (non-hydrogen) atoms. The van der Waals surface area contributed by atoms with Crippen LogP contribution in [0.1, 0.15) is 43.5 Å². The second-order valence-corrected chi connectivity index (χ2v) is 9.31. The molecule has 1 amide bonds. The van der Waals surface area contributed by atoms with Crippen LogP contribution in [0.5, 0.6) is 0 Å². The summed E-state index contributed by atoms with van der Waals surface area (Å²) in [5.41, 5.74) is 1.12. The van der Waals surface area contributed by atoms with Crippen molar-refractivity contribution in [1.82, 2.24) is 0 Å². The van der Waals surface area contributed by atoms with Crippen LogP contribution in [0.2, 0.25) is 5.02 Å². The van der Waals surface area contributed by atoms with E-state index < -0.39 is 27.9 Å². The monoisotopic (exact) mass is 466 g/mol. The standard InChI is InChI=1S/C22H27ClN2O5S/c1-4-6-14-30-22(27)16-10-12-18(13-11-16)24-21(26)20(5-2)25(31(3,28)29)19-9-7-8-17(23)15-19/h7-13,15,20H,4-6,14H2,1-3H3,(H,24,26)/t20-/m1/s1. The van der Waals surface area contributed by atoms with Gasteiger partial charge in [0.1, 0.15) is 6.04 Å². The second kappa shape index (κ2) is 11.2. The zero-order chi connectivity index (χ0) is 23.0. The van der Waals surface area contributed by atoms with Crippen molar-refractivity contribution >= 4 is 44.9 Å². The fraction of sp³-hybridized carbons (Fsp3) is 0.364. The lowest BCUT2D eigenvalue weighted by Crippen LogP contribution is -2.47. The maximum Gasteiger partial charge on any atom is 0.338 e. The molecule has 2 aromatic carbocycles. The Hall–Kier alpha value is -2.58. The number of halogens is 1. The number of rotatable bonds is 10. The second-order valence-electron chi connectivity index (χ2n) is 7.02. The smallest absolute Gasteiger partial charge is 0.338 e. The summed E-state index contributed by atoms with van der Waals surface area (Å²) in [5, 5.41) is 3.08. The van der Waals surface area contributed by atoms with Crippen LogP contribution in [0.25, 0.3) is 0 Å². The van der Waals surface area contributed by atoms with E-state index in [0.717, 1.165) is 23.4 Å². The molecule has 0 aromatic heterocycles. The fourth-order valence-corrected chi connectivity index (χ4v) is 4.37. The molecule has 2 aromatic rings. The van der Waals surface area contributed by atoms with Crippen molar-refractivity contribution in [3.05, 3.63) is 59.1 Å². The number of anilines is 2. The molecule has 1 atom stereocenters. The van der Waals surface area contributed by atoms with Crippen LogP contribution in [0, 0.1) is 0 Å². The Kier molecular flexibility index (Phi) is 8.88. The van der Waals surface area contributed by atoms with E-state index in [0.29, 0.717) is 28.6 Å². The van der Waals surface area contributed by atoms with Gasteiger partial charge in [-0.15, -0.1) is 0 Å². The van der Waals surface area contributed by atoms with Crippen molar-refractivity contribution in [1.29, 1.82) is 0 Å². The summed E-state index contributed by atoms with van der Waals surface area (Å²) in [4.78, 5) is 24.9. The van der Waals surface area contributed by atoms with Crippen LogP contribution >= 0.6 is 11.6 Å². The third kappa shape index (κ3) is 6.97. The third-order valence-corrected chi connectivity index (χ3v) is 5.93. The highest BCUT2D eigenvalue weighted by molar-refractivity contribution is 7.92. The highest BCUT2D eigenvalue weighted by Crippen LogP contribution is 2.26. The van der Waals surface area contributed by atoms with Gasteiger partial charge in [-0.1, -0.05) is 37.9 Å². The van der Waals surface area contributed by atoms with Crippen LogP contribution in [0.15, 0.2) is 48.5 Å². The lowest BCUT2D eigenvalue weighted by atomic mass is 10.1. The van der Waals surface area contributed by atoms with Crippen LogP contribution in [0.4, 0.5) is 11.4 Å². The number of ether oxygens (including phenoxy) is 1. The Labute approximate surface area is 188 Å². The van der Waals surface area contributed by atoms with Crippen LogP contribution in [-0.2, 0) is 19.6 Å². The number of unbranched alkanes of at least 4 members (excludes halogenated alkanes) is 1. The predicted octanol–water partition coefficient (Wildman–Crippen LogP) is 4.48. The SMILES string of the molecule is CCCCOC(=O)c1ccc(NC(=O)[C@@H](CC)N(c2cccc(Cl)c2)S(C)(=O)=O)cc1. The van der Waals surface area contributed by atoms with E-state index in [2.05, 4.69) is 5.32 Å². The van der Waals surface area contributed by atoms with Gasteiger partial charge in [-0.25, -0.2) is 13.2 Å². The summed E-state index contributed by atoms with van der Waals surface area (Å²) in [7, 11) is -3.76. The van der Waals surface area contributed by atoms with Gasteiger partial charge in [0, 0.05) is 10.7 Å². The molecule has 0 radical (unpaired) electrons. The zero-order valence-corrected chi connectivity index (χ0v) is 19.4. The van der Waals surface area contributed by atoms with Gasteiger partial charge >= 0.3 is 5.97 Å². The third-order valence-electron chi connectivity index (χ3n) is 4.51. The van der Waals surface area contributed by atoms with E-state index >= 15 is 0 Å². The van der Waals surface area contributed by atoms with Crippen molar-refractivity contribution < 1.29 is 22.7 Å². The minimum absolute atomic E-state index is 0.243. The molecule has 7 nitrogen and oxygen atoms in total. The molecule has 9 heteroatoms. The number of carbonyl (C=O) groups excluding carboxylic acids is 2. The van der Waals surface area contributed by atoms with E-state index in [9.17, 15) is 18.0 Å². The molecule has 0 aliphatic rings. The quantitative estimate of drug-likeness (QED) is 0.411. The Morgan fingerprint density at radius 2 is 1.81 bits per heavy atom. The van der Waals surface area contributed by atoms with Gasteiger partial charge in [-0.3, -0.25) is 9.10 Å². The molecule has 0 saturated heterocycles. The van der Waals surface area contributed by atoms with Crippen molar-refractivity contribution in [3.8, 4) is 0 Å². The summed E-state index contributed by atoms with van der Waals surface area (Å²) in [5.74, 6) is -0.923. The van der Waals surface area contributed by atoms with E-state index in [-0.39, 0.29) is 6.42 Å². The fourth-order valence-electron chi connectivity index (χ4n) is 2.98. The first-order valence-corrected chi connectivity index (χ1v) is 12.2. The normalized spacial score (nSPS) is 12.1. The molecule has 168 valence electrons. The number of hydrogen-bond donors (Lipinski definition) is 1. The maximum absolute atomic E-state index is 12.9. The minimum atomic E-state index is -3.76. The average molecular weight is 467 g/mol. The molecule has 0 fully saturated rings. The van der Waals surface area contributed by atoms with Crippen LogP contribution < -0.4 is 9.62 Å². The van der Waals surface area contributed by atoms with E-state index in [1.807, 2.05) is 6.92 Å².